The van der Waals surface area contributed by atoms with Crippen molar-refractivity contribution in [3.05, 3.63) is 65.5 Å². The van der Waals surface area contributed by atoms with E-state index < -0.39 is 6.10 Å². The minimum Gasteiger partial charge on any atom is -0.384 e. The molecule has 0 spiro atoms. The summed E-state index contributed by atoms with van der Waals surface area (Å²) >= 11 is 0. The second-order valence-corrected chi connectivity index (χ2v) is 4.81. The number of aliphatic hydroxyl groups excluding tert-OH is 1. The van der Waals surface area contributed by atoms with Crippen molar-refractivity contribution < 1.29 is 5.11 Å². The molecule has 0 bridgehead atoms. The van der Waals surface area contributed by atoms with E-state index in [0.29, 0.717) is 0 Å². The van der Waals surface area contributed by atoms with Crippen molar-refractivity contribution in [1.29, 1.82) is 0 Å². The van der Waals surface area contributed by atoms with Gasteiger partial charge in [0.25, 0.3) is 0 Å². The van der Waals surface area contributed by atoms with Crippen LogP contribution in [0, 0.1) is 6.92 Å². The van der Waals surface area contributed by atoms with Crippen LogP contribution in [-0.2, 0) is 7.05 Å². The van der Waals surface area contributed by atoms with Gasteiger partial charge in [-0.3, -0.25) is 4.68 Å². The lowest BCUT2D eigenvalue weighted by Gasteiger charge is -2.13. The first-order chi connectivity index (χ1) is 9.16. The van der Waals surface area contributed by atoms with Crippen LogP contribution >= 0.6 is 0 Å². The van der Waals surface area contributed by atoms with E-state index >= 15 is 0 Å². The summed E-state index contributed by atoms with van der Waals surface area (Å²) in [5.41, 5.74) is 2.65. The molecule has 3 heteroatoms. The van der Waals surface area contributed by atoms with Crippen molar-refractivity contribution in [3.63, 3.8) is 0 Å². The highest BCUT2D eigenvalue weighted by Crippen LogP contribution is 2.29. The molecule has 1 heterocycles. The summed E-state index contributed by atoms with van der Waals surface area (Å²) in [5.74, 6) is 0. The van der Waals surface area contributed by atoms with Gasteiger partial charge in [-0.2, -0.15) is 5.10 Å². The molecular formula is C16H16N2O. The van der Waals surface area contributed by atoms with Gasteiger partial charge in [0.1, 0.15) is 6.10 Å². The van der Waals surface area contributed by atoms with Gasteiger partial charge >= 0.3 is 0 Å². The highest BCUT2D eigenvalue weighted by atomic mass is 16.3. The molecule has 2 aromatic carbocycles. The van der Waals surface area contributed by atoms with E-state index in [1.807, 2.05) is 50.5 Å². The molecule has 0 amide bonds. The fraction of sp³-hybridized carbons (Fsp3) is 0.188. The summed E-state index contributed by atoms with van der Waals surface area (Å²) in [6.45, 7) is 1.92. The van der Waals surface area contributed by atoms with Crippen LogP contribution in [0.3, 0.4) is 0 Å². The highest BCUT2D eigenvalue weighted by Gasteiger charge is 2.17. The highest BCUT2D eigenvalue weighted by molar-refractivity contribution is 5.86. The Balaban J connectivity index is 2.16. The van der Waals surface area contributed by atoms with Gasteiger partial charge in [0, 0.05) is 18.8 Å². The summed E-state index contributed by atoms with van der Waals surface area (Å²) in [6, 6.07) is 14.1. The average molecular weight is 252 g/mol. The standard InChI is InChI=1S/C16H16N2O/c1-11-15(10-18(2)17-11)16(19)14-9-5-7-12-6-3-4-8-13(12)14/h3-10,16,19H,1-2H3. The van der Waals surface area contributed by atoms with Crippen molar-refractivity contribution >= 4 is 10.8 Å². The normalized spacial score (nSPS) is 12.8. The Labute approximate surface area is 112 Å². The predicted molar refractivity (Wildman–Crippen MR) is 76.0 cm³/mol. The van der Waals surface area contributed by atoms with Crippen LogP contribution < -0.4 is 0 Å². The number of rotatable bonds is 2. The summed E-state index contributed by atoms with van der Waals surface area (Å²) in [7, 11) is 1.87. The van der Waals surface area contributed by atoms with E-state index in [9.17, 15) is 5.11 Å². The maximum Gasteiger partial charge on any atom is 0.108 e. The molecule has 0 radical (unpaired) electrons. The molecule has 96 valence electrons. The second kappa shape index (κ2) is 4.52. The van der Waals surface area contributed by atoms with E-state index in [2.05, 4.69) is 17.2 Å². The molecular weight excluding hydrogens is 236 g/mol. The van der Waals surface area contributed by atoms with Crippen molar-refractivity contribution in [2.75, 3.05) is 0 Å². The molecule has 3 rings (SSSR count). The molecule has 19 heavy (non-hydrogen) atoms. The zero-order valence-corrected chi connectivity index (χ0v) is 11.0. The lowest BCUT2D eigenvalue weighted by atomic mass is 9.96. The van der Waals surface area contributed by atoms with E-state index in [4.69, 9.17) is 0 Å². The second-order valence-electron chi connectivity index (χ2n) is 4.81. The minimum atomic E-state index is -0.639. The van der Waals surface area contributed by atoms with Crippen LogP contribution in [0.5, 0.6) is 0 Å². The monoisotopic (exact) mass is 252 g/mol. The topological polar surface area (TPSA) is 38.0 Å². The van der Waals surface area contributed by atoms with Gasteiger partial charge in [-0.05, 0) is 23.3 Å². The third-order valence-electron chi connectivity index (χ3n) is 3.46. The van der Waals surface area contributed by atoms with Crippen molar-refractivity contribution in [1.82, 2.24) is 9.78 Å². The average Bonchev–Trinajstić information content (AvgIpc) is 2.76. The third-order valence-corrected chi connectivity index (χ3v) is 3.46. The Hall–Kier alpha value is -2.13. The maximum atomic E-state index is 10.6. The van der Waals surface area contributed by atoms with Crippen molar-refractivity contribution in [2.24, 2.45) is 7.05 Å². The van der Waals surface area contributed by atoms with Crippen LogP contribution in [-0.4, -0.2) is 14.9 Å². The van der Waals surface area contributed by atoms with E-state index in [1.165, 1.54) is 0 Å². The Morgan fingerprint density at radius 2 is 1.79 bits per heavy atom. The molecule has 0 saturated heterocycles. The molecule has 0 saturated carbocycles. The Morgan fingerprint density at radius 1 is 1.05 bits per heavy atom. The number of aryl methyl sites for hydroxylation is 2. The molecule has 1 N–H and O–H groups in total. The molecule has 1 unspecified atom stereocenters. The lowest BCUT2D eigenvalue weighted by Crippen LogP contribution is -2.01. The Morgan fingerprint density at radius 3 is 2.53 bits per heavy atom. The molecule has 3 nitrogen and oxygen atoms in total. The zero-order chi connectivity index (χ0) is 13.4. The van der Waals surface area contributed by atoms with Crippen molar-refractivity contribution in [3.8, 4) is 0 Å². The number of aromatic nitrogens is 2. The number of hydrogen-bond acceptors (Lipinski definition) is 2. The van der Waals surface area contributed by atoms with Crippen LogP contribution in [0.4, 0.5) is 0 Å². The van der Waals surface area contributed by atoms with Gasteiger partial charge < -0.3 is 5.11 Å². The summed E-state index contributed by atoms with van der Waals surface area (Å²) < 4.78 is 1.74. The predicted octanol–water partition coefficient (Wildman–Crippen LogP) is 2.96. The van der Waals surface area contributed by atoms with Gasteiger partial charge in [0.15, 0.2) is 0 Å². The molecule has 0 aliphatic rings. The van der Waals surface area contributed by atoms with Gasteiger partial charge in [0.05, 0.1) is 5.69 Å². The lowest BCUT2D eigenvalue weighted by molar-refractivity contribution is 0.221. The first-order valence-corrected chi connectivity index (χ1v) is 6.32. The number of aliphatic hydroxyl groups is 1. The summed E-state index contributed by atoms with van der Waals surface area (Å²) in [4.78, 5) is 0. The van der Waals surface area contributed by atoms with Gasteiger partial charge in [0.2, 0.25) is 0 Å². The van der Waals surface area contributed by atoms with Gasteiger partial charge in [-0.25, -0.2) is 0 Å². The van der Waals surface area contributed by atoms with Crippen LogP contribution in [0.2, 0.25) is 0 Å². The zero-order valence-electron chi connectivity index (χ0n) is 11.0. The molecule has 1 atom stereocenters. The largest absolute Gasteiger partial charge is 0.384 e. The van der Waals surface area contributed by atoms with Crippen LogP contribution in [0.15, 0.2) is 48.7 Å². The fourth-order valence-corrected chi connectivity index (χ4v) is 2.54. The van der Waals surface area contributed by atoms with Gasteiger partial charge in [-0.15, -0.1) is 0 Å². The Bertz CT molecular complexity index is 725. The Kier molecular flexibility index (Phi) is 2.84. The molecule has 0 aliphatic carbocycles. The maximum absolute atomic E-state index is 10.6. The summed E-state index contributed by atoms with van der Waals surface area (Å²) in [5, 5.41) is 17.1. The minimum absolute atomic E-state index is 0.639. The first-order valence-electron chi connectivity index (χ1n) is 6.32. The van der Waals surface area contributed by atoms with Crippen molar-refractivity contribution in [2.45, 2.75) is 13.0 Å². The van der Waals surface area contributed by atoms with Crippen LogP contribution in [0.25, 0.3) is 10.8 Å². The SMILES string of the molecule is Cc1nn(C)cc1C(O)c1cccc2ccccc12. The fourth-order valence-electron chi connectivity index (χ4n) is 2.54. The first kappa shape index (κ1) is 11.9. The smallest absolute Gasteiger partial charge is 0.108 e. The number of benzene rings is 2. The number of nitrogens with zero attached hydrogens (tertiary/aromatic N) is 2. The molecule has 3 aromatic rings. The number of hydrogen-bond donors (Lipinski definition) is 1. The third kappa shape index (κ3) is 2.02. The van der Waals surface area contributed by atoms with E-state index in [0.717, 1.165) is 27.6 Å². The van der Waals surface area contributed by atoms with E-state index in [-0.39, 0.29) is 0 Å². The van der Waals surface area contributed by atoms with E-state index in [1.54, 1.807) is 4.68 Å². The molecule has 0 fully saturated rings. The molecule has 1 aromatic heterocycles. The molecule has 0 aliphatic heterocycles. The quantitative estimate of drug-likeness (QED) is 0.761. The van der Waals surface area contributed by atoms with Crippen LogP contribution in [0.1, 0.15) is 22.9 Å². The number of fused-ring (bicyclic) bond motifs is 1. The van der Waals surface area contributed by atoms with Gasteiger partial charge in [-0.1, -0.05) is 42.5 Å². The summed E-state index contributed by atoms with van der Waals surface area (Å²) in [6.07, 6.45) is 1.24.